The van der Waals surface area contributed by atoms with E-state index in [1.807, 2.05) is 0 Å². The number of H-pyrrole nitrogens is 1. The third-order valence-corrected chi connectivity index (χ3v) is 10.5. The first kappa shape index (κ1) is 28.5. The zero-order valence-electron chi connectivity index (χ0n) is 24.9. The van der Waals surface area contributed by atoms with Crippen LogP contribution in [0.15, 0.2) is 24.2 Å². The molecule has 0 amide bonds. The van der Waals surface area contributed by atoms with E-state index in [1.165, 1.54) is 6.20 Å². The van der Waals surface area contributed by atoms with Gasteiger partial charge in [0.05, 0.1) is 36.2 Å². The third-order valence-electron chi connectivity index (χ3n) is 10.2. The number of ether oxygens (including phenoxy) is 3. The van der Waals surface area contributed by atoms with Gasteiger partial charge in [-0.05, 0) is 56.7 Å². The van der Waals surface area contributed by atoms with Crippen molar-refractivity contribution in [1.82, 2.24) is 30.0 Å². The van der Waals surface area contributed by atoms with Crippen LogP contribution in [0.2, 0.25) is 5.02 Å². The van der Waals surface area contributed by atoms with Crippen LogP contribution in [0.25, 0.3) is 33.1 Å². The summed E-state index contributed by atoms with van der Waals surface area (Å²) in [5.74, 6) is -0.178. The maximum Gasteiger partial charge on any atom is 0.319 e. The molecule has 4 aromatic rings. The van der Waals surface area contributed by atoms with E-state index in [2.05, 4.69) is 25.0 Å². The van der Waals surface area contributed by atoms with E-state index < -0.39 is 11.5 Å². The van der Waals surface area contributed by atoms with Gasteiger partial charge in [0.25, 0.3) is 0 Å². The highest BCUT2D eigenvalue weighted by molar-refractivity contribution is 6.33. The van der Waals surface area contributed by atoms with Crippen molar-refractivity contribution in [2.45, 2.75) is 55.8 Å². The van der Waals surface area contributed by atoms with Gasteiger partial charge in [0.2, 0.25) is 5.88 Å². The summed E-state index contributed by atoms with van der Waals surface area (Å²) in [6, 6.07) is 1.39. The topological polar surface area (TPSA) is 102 Å². The summed E-state index contributed by atoms with van der Waals surface area (Å²) < 4.78 is 65.1. The van der Waals surface area contributed by atoms with Gasteiger partial charge in [-0.3, -0.25) is 10.00 Å². The number of nitrogens with zero attached hydrogens (tertiary/aromatic N) is 6. The number of anilines is 1. The van der Waals surface area contributed by atoms with Gasteiger partial charge in [-0.15, -0.1) is 0 Å². The minimum Gasteiger partial charge on any atom is -0.475 e. The molecule has 240 valence electrons. The van der Waals surface area contributed by atoms with Crippen LogP contribution in [0.3, 0.4) is 0 Å². The number of hydrogen-bond donors (Lipinski definition) is 1. The van der Waals surface area contributed by atoms with Crippen molar-refractivity contribution >= 4 is 39.2 Å². The fourth-order valence-corrected chi connectivity index (χ4v) is 8.19. The highest BCUT2D eigenvalue weighted by atomic mass is 35.5. The molecule has 7 heterocycles. The molecule has 46 heavy (non-hydrogen) atoms. The molecular formula is C32H31ClF3N7O3. The van der Waals surface area contributed by atoms with Gasteiger partial charge in [-0.25, -0.2) is 18.2 Å². The molecule has 1 saturated carbocycles. The van der Waals surface area contributed by atoms with Crippen molar-refractivity contribution in [2.24, 2.45) is 0 Å². The second kappa shape index (κ2) is 10.4. The molecule has 1 N–H and O–H groups in total. The van der Waals surface area contributed by atoms with Crippen LogP contribution in [0.1, 0.15) is 44.1 Å². The maximum absolute atomic E-state index is 17.1. The smallest absolute Gasteiger partial charge is 0.319 e. The maximum atomic E-state index is 17.1. The minimum absolute atomic E-state index is 0.00171. The number of benzene rings is 1. The Morgan fingerprint density at radius 2 is 2.04 bits per heavy atom. The van der Waals surface area contributed by atoms with E-state index in [0.717, 1.165) is 31.4 Å². The van der Waals surface area contributed by atoms with Crippen molar-refractivity contribution in [3.05, 3.63) is 40.6 Å². The van der Waals surface area contributed by atoms with Crippen molar-refractivity contribution in [1.29, 1.82) is 0 Å². The fourth-order valence-electron chi connectivity index (χ4n) is 7.82. The van der Waals surface area contributed by atoms with Crippen LogP contribution in [0.5, 0.6) is 11.9 Å². The number of nitrogens with one attached hydrogen (secondary N) is 1. The Morgan fingerprint density at radius 3 is 2.89 bits per heavy atom. The number of halogens is 4. The van der Waals surface area contributed by atoms with Gasteiger partial charge < -0.3 is 19.1 Å². The second-order valence-corrected chi connectivity index (χ2v) is 13.5. The van der Waals surface area contributed by atoms with E-state index in [9.17, 15) is 4.39 Å². The van der Waals surface area contributed by atoms with Gasteiger partial charge in [0.15, 0.2) is 5.82 Å². The lowest BCUT2D eigenvalue weighted by molar-refractivity contribution is 0.108. The van der Waals surface area contributed by atoms with Gasteiger partial charge in [-0.2, -0.15) is 15.1 Å². The summed E-state index contributed by atoms with van der Waals surface area (Å²) in [4.78, 5) is 18.5. The molecule has 4 aliphatic heterocycles. The molecule has 0 unspecified atom stereocenters. The minimum atomic E-state index is -1.71. The van der Waals surface area contributed by atoms with Gasteiger partial charge in [0.1, 0.15) is 41.3 Å². The van der Waals surface area contributed by atoms with E-state index in [1.54, 1.807) is 6.07 Å². The summed E-state index contributed by atoms with van der Waals surface area (Å²) in [5.41, 5.74) is -0.605. The largest absolute Gasteiger partial charge is 0.475 e. The SMILES string of the molecule is F/C=C1\CN2CCC[C@@]2(COc2nc3c4c(nc(-c5c(C6(F)CC6)c(Cl)cc6[nH]ncc56)c(F)c4n2)OC[C@@H]2COCCCN32)C1. The molecule has 9 rings (SSSR count). The monoisotopic (exact) mass is 653 g/mol. The molecular weight excluding hydrogens is 623 g/mol. The zero-order chi connectivity index (χ0) is 31.2. The first-order valence-electron chi connectivity index (χ1n) is 15.8. The van der Waals surface area contributed by atoms with Gasteiger partial charge in [0, 0.05) is 41.2 Å². The Morgan fingerprint density at radius 1 is 1.15 bits per heavy atom. The Labute approximate surface area is 266 Å². The molecule has 3 aromatic heterocycles. The molecule has 4 fully saturated rings. The standard InChI is InChI=1S/C32H31ClF3N7O3/c33-20-9-21-19(12-37-41-21)22(24(20)32(36)4-5-32)26-25(35)27-23-28(43-7-2-8-44-14-18(43)15-45-29(23)38-26)40-30(39-27)46-16-31-3-1-6-42(31)13-17(10-31)11-34/h9,11-12,18H,1-8,10,13-16H2,(H,37,41)/b17-11-/t18-,31-/m0/s1. The van der Waals surface area contributed by atoms with E-state index in [4.69, 9.17) is 35.8 Å². The summed E-state index contributed by atoms with van der Waals surface area (Å²) >= 11 is 6.67. The second-order valence-electron chi connectivity index (χ2n) is 13.1. The highest BCUT2D eigenvalue weighted by Crippen LogP contribution is 2.56. The zero-order valence-corrected chi connectivity index (χ0v) is 25.7. The van der Waals surface area contributed by atoms with Gasteiger partial charge >= 0.3 is 6.01 Å². The van der Waals surface area contributed by atoms with Crippen LogP contribution in [-0.2, 0) is 10.4 Å². The molecule has 1 aromatic carbocycles. The van der Waals surface area contributed by atoms with E-state index in [0.29, 0.717) is 61.2 Å². The average Bonchev–Trinajstić information content (AvgIpc) is 3.37. The van der Waals surface area contributed by atoms with Crippen molar-refractivity contribution < 1.29 is 27.4 Å². The normalized spacial score (nSPS) is 26.2. The van der Waals surface area contributed by atoms with E-state index in [-0.39, 0.29) is 76.9 Å². The Hall–Kier alpha value is -3.68. The Balaban J connectivity index is 1.24. The van der Waals surface area contributed by atoms with Crippen LogP contribution < -0.4 is 14.4 Å². The van der Waals surface area contributed by atoms with Gasteiger partial charge in [-0.1, -0.05) is 11.6 Å². The molecule has 10 nitrogen and oxygen atoms in total. The summed E-state index contributed by atoms with van der Waals surface area (Å²) in [6.07, 6.45) is 5.86. The number of aromatic nitrogens is 5. The number of hydrogen-bond acceptors (Lipinski definition) is 9. The lowest BCUT2D eigenvalue weighted by atomic mass is 9.94. The highest BCUT2D eigenvalue weighted by Gasteiger charge is 2.50. The number of fused-ring (bicyclic) bond motifs is 4. The summed E-state index contributed by atoms with van der Waals surface area (Å²) in [6.45, 7) is 3.42. The quantitative estimate of drug-likeness (QED) is 0.287. The molecule has 0 spiro atoms. The van der Waals surface area contributed by atoms with Crippen LogP contribution in [0, 0.1) is 5.82 Å². The molecule has 14 heteroatoms. The van der Waals surface area contributed by atoms with Crippen molar-refractivity contribution in [3.8, 4) is 23.1 Å². The molecule has 0 radical (unpaired) electrons. The first-order valence-corrected chi connectivity index (χ1v) is 16.1. The third kappa shape index (κ3) is 4.31. The number of aromatic amines is 1. The molecule has 5 aliphatic rings. The molecule has 3 saturated heterocycles. The number of alkyl halides is 1. The van der Waals surface area contributed by atoms with E-state index >= 15 is 8.78 Å². The lowest BCUT2D eigenvalue weighted by Gasteiger charge is -2.31. The Kier molecular flexibility index (Phi) is 6.46. The average molecular weight is 654 g/mol. The van der Waals surface area contributed by atoms with Crippen molar-refractivity contribution in [3.63, 3.8) is 0 Å². The molecule has 2 atom stereocenters. The lowest BCUT2D eigenvalue weighted by Crippen LogP contribution is -2.43. The van der Waals surface area contributed by atoms with Crippen LogP contribution >= 0.6 is 11.6 Å². The van der Waals surface area contributed by atoms with Crippen LogP contribution in [-0.4, -0.2) is 87.7 Å². The Bertz CT molecular complexity index is 1930. The first-order chi connectivity index (χ1) is 22.4. The molecule has 0 bridgehead atoms. The fraction of sp³-hybridized carbons (Fsp3) is 0.500. The summed E-state index contributed by atoms with van der Waals surface area (Å²) in [5, 5.41) is 7.97. The molecule has 1 aliphatic carbocycles. The van der Waals surface area contributed by atoms with Crippen LogP contribution in [0.4, 0.5) is 19.0 Å². The predicted molar refractivity (Wildman–Crippen MR) is 164 cm³/mol. The number of rotatable bonds is 5. The number of pyridine rings is 1. The predicted octanol–water partition coefficient (Wildman–Crippen LogP) is 5.78. The summed E-state index contributed by atoms with van der Waals surface area (Å²) in [7, 11) is 0. The van der Waals surface area contributed by atoms with Crippen molar-refractivity contribution in [2.75, 3.05) is 51.0 Å².